The summed E-state index contributed by atoms with van der Waals surface area (Å²) in [6.07, 6.45) is 0. The number of carbonyl (C=O) groups is 2. The Bertz CT molecular complexity index is 590. The minimum absolute atomic E-state index is 0.00804. The van der Waals surface area contributed by atoms with Gasteiger partial charge in [-0.25, -0.2) is 0 Å². The predicted molar refractivity (Wildman–Crippen MR) is 79.4 cm³/mol. The monoisotopic (exact) mass is 389 g/mol. The van der Waals surface area contributed by atoms with Crippen LogP contribution in [0.25, 0.3) is 0 Å². The van der Waals surface area contributed by atoms with E-state index in [1.165, 1.54) is 23.1 Å². The number of non-ortho nitro benzene ring substituents is 1. The van der Waals surface area contributed by atoms with Crippen molar-refractivity contribution in [2.24, 2.45) is 0 Å². The molecule has 8 heteroatoms. The lowest BCUT2D eigenvalue weighted by molar-refractivity contribution is -0.384. The van der Waals surface area contributed by atoms with Crippen LogP contribution < -0.4 is 0 Å². The zero-order chi connectivity index (χ0) is 14.9. The second-order valence-electron chi connectivity index (χ2n) is 4.46. The number of piperazine rings is 1. The molecule has 0 unspecified atom stereocenters. The van der Waals surface area contributed by atoms with E-state index in [-0.39, 0.29) is 29.6 Å². The zero-order valence-corrected chi connectivity index (χ0v) is 12.9. The van der Waals surface area contributed by atoms with Gasteiger partial charge in [-0.15, -0.1) is 0 Å². The number of nitrogens with zero attached hydrogens (tertiary/aromatic N) is 3. The fraction of sp³-hybridized carbons (Fsp3) is 0.333. The second-order valence-corrected chi connectivity index (χ2v) is 5.63. The van der Waals surface area contributed by atoms with Gasteiger partial charge in [0.15, 0.2) is 0 Å². The Morgan fingerprint density at radius 1 is 1.40 bits per heavy atom. The average Bonchev–Trinajstić information content (AvgIpc) is 2.41. The summed E-state index contributed by atoms with van der Waals surface area (Å²) in [5, 5.41) is 10.8. The van der Waals surface area contributed by atoms with Crippen molar-refractivity contribution in [2.45, 2.75) is 0 Å². The first kappa shape index (κ1) is 14.7. The largest absolute Gasteiger partial charge is 0.342 e. The summed E-state index contributed by atoms with van der Waals surface area (Å²) in [5.41, 5.74) is 0.131. The molecule has 0 aromatic heterocycles. The number of hydrogen-bond donors (Lipinski definition) is 0. The third-order valence-electron chi connectivity index (χ3n) is 3.14. The van der Waals surface area contributed by atoms with Gasteiger partial charge in [0.2, 0.25) is 5.91 Å². The molecule has 0 saturated carbocycles. The lowest BCUT2D eigenvalue weighted by Crippen LogP contribution is -2.50. The highest BCUT2D eigenvalue weighted by Gasteiger charge is 2.27. The van der Waals surface area contributed by atoms with E-state index in [1.807, 2.05) is 22.6 Å². The lowest BCUT2D eigenvalue weighted by atomic mass is 10.1. The smallest absolute Gasteiger partial charge is 0.270 e. The SMILES string of the molecule is CN1CCN(C(=O)c2cc([N+](=O)[O-])ccc2I)CC1=O. The van der Waals surface area contributed by atoms with Crippen molar-refractivity contribution >= 4 is 40.1 Å². The van der Waals surface area contributed by atoms with Gasteiger partial charge in [0.25, 0.3) is 11.6 Å². The van der Waals surface area contributed by atoms with Gasteiger partial charge in [-0.1, -0.05) is 0 Å². The number of carbonyl (C=O) groups excluding carboxylic acids is 2. The Labute approximate surface area is 128 Å². The molecular weight excluding hydrogens is 377 g/mol. The van der Waals surface area contributed by atoms with E-state index in [0.717, 1.165) is 0 Å². The molecule has 1 saturated heterocycles. The van der Waals surface area contributed by atoms with Crippen LogP contribution in [0.5, 0.6) is 0 Å². The Balaban J connectivity index is 2.27. The molecule has 1 fully saturated rings. The molecule has 1 aromatic carbocycles. The summed E-state index contributed by atoms with van der Waals surface area (Å²) in [5.74, 6) is -0.482. The van der Waals surface area contributed by atoms with Crippen molar-refractivity contribution in [3.63, 3.8) is 0 Å². The minimum atomic E-state index is -0.540. The first-order chi connectivity index (χ1) is 9.40. The van der Waals surface area contributed by atoms with Gasteiger partial charge in [-0.3, -0.25) is 19.7 Å². The molecule has 1 aliphatic heterocycles. The summed E-state index contributed by atoms with van der Waals surface area (Å²) < 4.78 is 0.629. The topological polar surface area (TPSA) is 83.8 Å². The van der Waals surface area contributed by atoms with Crippen molar-refractivity contribution in [1.29, 1.82) is 0 Å². The number of hydrogen-bond acceptors (Lipinski definition) is 4. The van der Waals surface area contributed by atoms with Gasteiger partial charge < -0.3 is 9.80 Å². The third kappa shape index (κ3) is 2.89. The predicted octanol–water partition coefficient (Wildman–Crippen LogP) is 1.11. The third-order valence-corrected chi connectivity index (χ3v) is 4.08. The van der Waals surface area contributed by atoms with Crippen molar-refractivity contribution in [3.8, 4) is 0 Å². The maximum atomic E-state index is 12.4. The first-order valence-electron chi connectivity index (χ1n) is 5.87. The summed E-state index contributed by atoms with van der Waals surface area (Å²) in [7, 11) is 1.68. The van der Waals surface area contributed by atoms with Gasteiger partial charge in [-0.05, 0) is 28.7 Å². The molecule has 0 aliphatic carbocycles. The van der Waals surface area contributed by atoms with Crippen molar-refractivity contribution in [1.82, 2.24) is 9.80 Å². The fourth-order valence-electron chi connectivity index (χ4n) is 1.89. The van der Waals surface area contributed by atoms with Crippen molar-refractivity contribution in [2.75, 3.05) is 26.7 Å². The van der Waals surface area contributed by atoms with Gasteiger partial charge >= 0.3 is 0 Å². The molecule has 2 amide bonds. The number of rotatable bonds is 2. The molecule has 0 N–H and O–H groups in total. The molecule has 106 valence electrons. The van der Waals surface area contributed by atoms with Crippen molar-refractivity contribution < 1.29 is 14.5 Å². The molecule has 0 radical (unpaired) electrons. The van der Waals surface area contributed by atoms with Crippen LogP contribution in [0.1, 0.15) is 10.4 Å². The van der Waals surface area contributed by atoms with Gasteiger partial charge in [-0.2, -0.15) is 0 Å². The van der Waals surface area contributed by atoms with Crippen LogP contribution in [0, 0.1) is 13.7 Å². The lowest BCUT2D eigenvalue weighted by Gasteiger charge is -2.32. The standard InChI is InChI=1S/C12H12IN3O4/c1-14-4-5-15(7-11(14)17)12(18)9-6-8(16(19)20)2-3-10(9)13/h2-3,6H,4-5,7H2,1H3. The normalized spacial score (nSPS) is 15.4. The Morgan fingerprint density at radius 3 is 2.70 bits per heavy atom. The van der Waals surface area contributed by atoms with E-state index in [1.54, 1.807) is 11.9 Å². The van der Waals surface area contributed by atoms with Gasteiger partial charge in [0, 0.05) is 35.8 Å². The van der Waals surface area contributed by atoms with Crippen LogP contribution in [0.15, 0.2) is 18.2 Å². The number of benzene rings is 1. The van der Waals surface area contributed by atoms with E-state index in [9.17, 15) is 19.7 Å². The number of likely N-dealkylation sites (N-methyl/N-ethyl adjacent to an activating group) is 1. The maximum absolute atomic E-state index is 12.4. The Morgan fingerprint density at radius 2 is 2.10 bits per heavy atom. The van der Waals surface area contributed by atoms with Crippen LogP contribution in [0.4, 0.5) is 5.69 Å². The maximum Gasteiger partial charge on any atom is 0.270 e. The molecule has 2 rings (SSSR count). The fourth-order valence-corrected chi connectivity index (χ4v) is 2.46. The van der Waals surface area contributed by atoms with Gasteiger partial charge in [0.1, 0.15) is 6.54 Å². The highest BCUT2D eigenvalue weighted by Crippen LogP contribution is 2.21. The van der Waals surface area contributed by atoms with Crippen LogP contribution in [-0.2, 0) is 4.79 Å². The molecule has 0 spiro atoms. The van der Waals surface area contributed by atoms with E-state index < -0.39 is 4.92 Å². The zero-order valence-electron chi connectivity index (χ0n) is 10.7. The summed E-state index contributed by atoms with van der Waals surface area (Å²) >= 11 is 1.96. The molecule has 7 nitrogen and oxygen atoms in total. The van der Waals surface area contributed by atoms with Crippen LogP contribution >= 0.6 is 22.6 Å². The number of nitro groups is 1. The number of halogens is 1. The van der Waals surface area contributed by atoms with E-state index >= 15 is 0 Å². The van der Waals surface area contributed by atoms with E-state index in [4.69, 9.17) is 0 Å². The van der Waals surface area contributed by atoms with Crippen LogP contribution in [0.3, 0.4) is 0 Å². The number of amides is 2. The Kier molecular flexibility index (Phi) is 4.21. The molecule has 0 atom stereocenters. The van der Waals surface area contributed by atoms with E-state index in [2.05, 4.69) is 0 Å². The molecule has 20 heavy (non-hydrogen) atoms. The minimum Gasteiger partial charge on any atom is -0.342 e. The molecule has 1 heterocycles. The van der Waals surface area contributed by atoms with Crippen LogP contribution in [0.2, 0.25) is 0 Å². The average molecular weight is 389 g/mol. The highest BCUT2D eigenvalue weighted by atomic mass is 127. The summed E-state index contributed by atoms with van der Waals surface area (Å²) in [6, 6.07) is 4.14. The van der Waals surface area contributed by atoms with Gasteiger partial charge in [0.05, 0.1) is 10.5 Å². The summed E-state index contributed by atoms with van der Waals surface area (Å²) in [6.45, 7) is 0.907. The van der Waals surface area contributed by atoms with E-state index in [0.29, 0.717) is 16.7 Å². The van der Waals surface area contributed by atoms with Crippen LogP contribution in [-0.4, -0.2) is 53.2 Å². The molecular formula is C12H12IN3O4. The highest BCUT2D eigenvalue weighted by molar-refractivity contribution is 14.1. The molecule has 1 aliphatic rings. The summed E-state index contributed by atoms with van der Waals surface area (Å²) in [4.78, 5) is 37.2. The Hall–Kier alpha value is -1.71. The first-order valence-corrected chi connectivity index (χ1v) is 6.95. The quantitative estimate of drug-likeness (QED) is 0.431. The number of nitro benzene ring substituents is 1. The molecule has 1 aromatic rings. The second kappa shape index (κ2) is 5.73. The van der Waals surface area contributed by atoms with Crippen molar-refractivity contribution in [3.05, 3.63) is 37.4 Å². The molecule has 0 bridgehead atoms.